The first-order chi connectivity index (χ1) is 15.1. The van der Waals surface area contributed by atoms with Crippen LogP contribution in [0.25, 0.3) is 17.1 Å². The number of thioether (sulfide) groups is 1. The zero-order valence-electron chi connectivity index (χ0n) is 17.5. The van der Waals surface area contributed by atoms with Crippen LogP contribution in [-0.2, 0) is 0 Å². The van der Waals surface area contributed by atoms with Crippen molar-refractivity contribution in [1.29, 1.82) is 0 Å². The van der Waals surface area contributed by atoms with Crippen LogP contribution in [0.2, 0.25) is 0 Å². The van der Waals surface area contributed by atoms with E-state index in [1.807, 2.05) is 54.8 Å². The van der Waals surface area contributed by atoms with Crippen molar-refractivity contribution in [2.75, 3.05) is 7.11 Å². The summed E-state index contributed by atoms with van der Waals surface area (Å²) in [6.07, 6.45) is 3.46. The van der Waals surface area contributed by atoms with Gasteiger partial charge in [0.25, 0.3) is 0 Å². The Labute approximate surface area is 185 Å². The molecule has 1 unspecified atom stereocenters. The van der Waals surface area contributed by atoms with Crippen LogP contribution >= 0.6 is 11.8 Å². The van der Waals surface area contributed by atoms with Gasteiger partial charge in [-0.05, 0) is 61.9 Å². The van der Waals surface area contributed by atoms with Gasteiger partial charge in [-0.25, -0.2) is 0 Å². The van der Waals surface area contributed by atoms with Crippen molar-refractivity contribution in [3.63, 3.8) is 0 Å². The van der Waals surface area contributed by atoms with Crippen LogP contribution in [0.4, 0.5) is 0 Å². The molecule has 7 heteroatoms. The molecular formula is C24H22N4O2S. The van der Waals surface area contributed by atoms with Crippen LogP contribution in [0, 0.1) is 6.92 Å². The number of ether oxygens (including phenoxy) is 1. The lowest BCUT2D eigenvalue weighted by atomic mass is 10.1. The second-order valence-electron chi connectivity index (χ2n) is 7.02. The monoisotopic (exact) mass is 430 g/mol. The molecule has 0 aliphatic rings. The molecule has 0 aliphatic heterocycles. The highest BCUT2D eigenvalue weighted by Crippen LogP contribution is 2.32. The Hall–Kier alpha value is -3.45. The third-order valence-electron chi connectivity index (χ3n) is 4.95. The van der Waals surface area contributed by atoms with Crippen molar-refractivity contribution in [3.05, 3.63) is 84.2 Å². The molecular weight excluding hydrogens is 408 g/mol. The average molecular weight is 431 g/mol. The number of rotatable bonds is 7. The van der Waals surface area contributed by atoms with Crippen molar-refractivity contribution in [1.82, 2.24) is 19.7 Å². The number of aryl methyl sites for hydroxylation is 1. The number of aromatic nitrogens is 4. The van der Waals surface area contributed by atoms with E-state index in [0.717, 1.165) is 22.6 Å². The van der Waals surface area contributed by atoms with Gasteiger partial charge < -0.3 is 4.74 Å². The summed E-state index contributed by atoms with van der Waals surface area (Å²) < 4.78 is 7.19. The van der Waals surface area contributed by atoms with E-state index in [4.69, 9.17) is 4.74 Å². The lowest BCUT2D eigenvalue weighted by Gasteiger charge is -2.15. The number of benzene rings is 2. The van der Waals surface area contributed by atoms with Gasteiger partial charge in [0.05, 0.1) is 18.0 Å². The first-order valence-electron chi connectivity index (χ1n) is 9.85. The topological polar surface area (TPSA) is 69.9 Å². The predicted octanol–water partition coefficient (Wildman–Crippen LogP) is 5.01. The second kappa shape index (κ2) is 9.14. The van der Waals surface area contributed by atoms with Crippen molar-refractivity contribution in [3.8, 4) is 22.8 Å². The number of para-hydroxylation sites is 1. The van der Waals surface area contributed by atoms with E-state index in [1.54, 1.807) is 43.8 Å². The predicted molar refractivity (Wildman–Crippen MR) is 122 cm³/mol. The lowest BCUT2D eigenvalue weighted by Crippen LogP contribution is -2.14. The van der Waals surface area contributed by atoms with Crippen molar-refractivity contribution in [2.24, 2.45) is 0 Å². The second-order valence-corrected chi connectivity index (χ2v) is 8.32. The summed E-state index contributed by atoms with van der Waals surface area (Å²) in [4.78, 5) is 17.1. The largest absolute Gasteiger partial charge is 0.497 e. The molecule has 1 atom stereocenters. The third-order valence-corrected chi connectivity index (χ3v) is 6.00. The summed E-state index contributed by atoms with van der Waals surface area (Å²) in [5.74, 6) is 1.46. The zero-order valence-corrected chi connectivity index (χ0v) is 18.3. The number of pyridine rings is 1. The molecule has 0 bridgehead atoms. The molecule has 156 valence electrons. The van der Waals surface area contributed by atoms with E-state index >= 15 is 0 Å². The highest BCUT2D eigenvalue weighted by molar-refractivity contribution is 8.00. The number of methoxy groups -OCH3 is 1. The zero-order chi connectivity index (χ0) is 21.8. The van der Waals surface area contributed by atoms with E-state index in [9.17, 15) is 4.79 Å². The van der Waals surface area contributed by atoms with Crippen molar-refractivity contribution < 1.29 is 9.53 Å². The Balaban J connectivity index is 1.70. The SMILES string of the molecule is COc1ccc(C(=O)C(C)Sc2nnc(-c3ccncc3)n2-c2ccccc2C)cc1. The summed E-state index contributed by atoms with van der Waals surface area (Å²) in [7, 11) is 1.61. The van der Waals surface area contributed by atoms with E-state index in [2.05, 4.69) is 15.2 Å². The molecule has 4 rings (SSSR count). The third kappa shape index (κ3) is 4.36. The van der Waals surface area contributed by atoms with Crippen molar-refractivity contribution >= 4 is 17.5 Å². The van der Waals surface area contributed by atoms with Gasteiger partial charge in [0.1, 0.15) is 5.75 Å². The standard InChI is InChI=1S/C24H22N4O2S/c1-16-6-4-5-7-21(16)28-23(19-12-14-25-15-13-19)26-27-24(28)31-17(2)22(29)18-8-10-20(30-3)11-9-18/h4-15,17H,1-3H3. The molecule has 0 saturated heterocycles. The molecule has 0 fully saturated rings. The van der Waals surface area contributed by atoms with Crippen LogP contribution < -0.4 is 4.74 Å². The molecule has 2 aromatic heterocycles. The molecule has 0 radical (unpaired) electrons. The minimum absolute atomic E-state index is 0.0254. The number of nitrogens with zero attached hydrogens (tertiary/aromatic N) is 4. The Kier molecular flexibility index (Phi) is 6.13. The molecule has 2 heterocycles. The van der Waals surface area contributed by atoms with Gasteiger partial charge in [-0.3, -0.25) is 14.3 Å². The number of hydrogen-bond acceptors (Lipinski definition) is 6. The maximum atomic E-state index is 13.0. The smallest absolute Gasteiger partial charge is 0.196 e. The molecule has 6 nitrogen and oxygen atoms in total. The Bertz CT molecular complexity index is 1190. The van der Waals surface area contributed by atoms with Crippen LogP contribution in [0.5, 0.6) is 5.75 Å². The lowest BCUT2D eigenvalue weighted by molar-refractivity contribution is 0.0994. The fourth-order valence-corrected chi connectivity index (χ4v) is 4.20. The van der Waals surface area contributed by atoms with Crippen LogP contribution in [0.1, 0.15) is 22.8 Å². The number of ketones is 1. The summed E-state index contributed by atoms with van der Waals surface area (Å²) in [5, 5.41) is 9.21. The molecule has 0 N–H and O–H groups in total. The fourth-order valence-electron chi connectivity index (χ4n) is 3.27. The van der Waals surface area contributed by atoms with E-state index in [-0.39, 0.29) is 11.0 Å². The molecule has 0 aliphatic carbocycles. The minimum atomic E-state index is -0.342. The van der Waals surface area contributed by atoms with Crippen molar-refractivity contribution in [2.45, 2.75) is 24.3 Å². The molecule has 2 aromatic carbocycles. The first kappa shape index (κ1) is 20.8. The van der Waals surface area contributed by atoms with Gasteiger partial charge >= 0.3 is 0 Å². The molecule has 0 spiro atoms. The molecule has 31 heavy (non-hydrogen) atoms. The van der Waals surface area contributed by atoms with E-state index in [0.29, 0.717) is 16.5 Å². The summed E-state index contributed by atoms with van der Waals surface area (Å²) in [5.41, 5.74) is 3.61. The first-order valence-corrected chi connectivity index (χ1v) is 10.7. The Morgan fingerprint density at radius 1 is 1.00 bits per heavy atom. The van der Waals surface area contributed by atoms with Gasteiger partial charge in [-0.15, -0.1) is 10.2 Å². The summed E-state index contributed by atoms with van der Waals surface area (Å²) in [6.45, 7) is 3.94. The van der Waals surface area contributed by atoms with Gasteiger partial charge in [-0.1, -0.05) is 30.0 Å². The van der Waals surface area contributed by atoms with Gasteiger partial charge in [0.15, 0.2) is 16.8 Å². The highest BCUT2D eigenvalue weighted by atomic mass is 32.2. The quantitative estimate of drug-likeness (QED) is 0.303. The fraction of sp³-hybridized carbons (Fsp3) is 0.167. The highest BCUT2D eigenvalue weighted by Gasteiger charge is 2.23. The molecule has 0 saturated carbocycles. The van der Waals surface area contributed by atoms with Gasteiger partial charge in [0.2, 0.25) is 0 Å². The van der Waals surface area contributed by atoms with Crippen LogP contribution in [-0.4, -0.2) is 37.9 Å². The Morgan fingerprint density at radius 2 is 1.71 bits per heavy atom. The van der Waals surface area contributed by atoms with Gasteiger partial charge in [0, 0.05) is 23.5 Å². The maximum absolute atomic E-state index is 13.0. The minimum Gasteiger partial charge on any atom is -0.497 e. The van der Waals surface area contributed by atoms with Gasteiger partial charge in [-0.2, -0.15) is 0 Å². The Morgan fingerprint density at radius 3 is 2.39 bits per heavy atom. The number of carbonyl (C=O) groups is 1. The van der Waals surface area contributed by atoms with E-state index in [1.165, 1.54) is 11.8 Å². The number of Topliss-reactive ketones (excluding diaryl/α,β-unsaturated/α-hetero) is 1. The summed E-state index contributed by atoms with van der Waals surface area (Å²) >= 11 is 1.40. The number of hydrogen-bond donors (Lipinski definition) is 0. The van der Waals surface area contributed by atoms with Crippen LogP contribution in [0.3, 0.4) is 0 Å². The normalized spacial score (nSPS) is 11.8. The van der Waals surface area contributed by atoms with E-state index < -0.39 is 0 Å². The average Bonchev–Trinajstić information content (AvgIpc) is 3.22. The molecule has 4 aromatic rings. The molecule has 0 amide bonds. The number of carbonyl (C=O) groups excluding carboxylic acids is 1. The van der Waals surface area contributed by atoms with Crippen LogP contribution in [0.15, 0.2) is 78.2 Å². The maximum Gasteiger partial charge on any atom is 0.196 e. The summed E-state index contributed by atoms with van der Waals surface area (Å²) in [6, 6.07) is 19.0.